The maximum absolute atomic E-state index is 12.0. The summed E-state index contributed by atoms with van der Waals surface area (Å²) in [4.78, 5) is 22.2. The zero-order valence-corrected chi connectivity index (χ0v) is 13.1. The van der Waals surface area contributed by atoms with E-state index in [1.165, 1.54) is 0 Å². The third-order valence-electron chi connectivity index (χ3n) is 2.49. The van der Waals surface area contributed by atoms with Gasteiger partial charge >= 0.3 is 5.97 Å². The van der Waals surface area contributed by atoms with Crippen LogP contribution < -0.4 is 0 Å². The largest absolute Gasteiger partial charge is 0.449 e. The first-order valence-corrected chi connectivity index (χ1v) is 6.70. The molecule has 1 aromatic rings. The number of esters is 1. The summed E-state index contributed by atoms with van der Waals surface area (Å²) in [7, 11) is 0. The van der Waals surface area contributed by atoms with Gasteiger partial charge in [0.1, 0.15) is 0 Å². The fourth-order valence-corrected chi connectivity index (χ4v) is 1.40. The highest BCUT2D eigenvalue weighted by Gasteiger charge is 2.21. The van der Waals surface area contributed by atoms with Gasteiger partial charge in [0.2, 0.25) is 0 Å². The Kier molecular flexibility index (Phi) is 5.78. The van der Waals surface area contributed by atoms with Gasteiger partial charge in [-0.1, -0.05) is 18.2 Å². The van der Waals surface area contributed by atoms with E-state index >= 15 is 0 Å². The number of carbonyl (C=O) groups is 2. The standard InChI is InChI=1S/C18H18O4/c1-17(2,21-14-19)12-8-9-13-18(3,4)22-16(20)15-10-6-5-7-11-15/h5-7,10-11,14H,1-4H3. The first kappa shape index (κ1) is 17.3. The number of hydrogen-bond donors (Lipinski definition) is 0. The fraction of sp³-hybridized carbons (Fsp3) is 0.333. The molecule has 0 aliphatic carbocycles. The van der Waals surface area contributed by atoms with Crippen LogP contribution in [0, 0.1) is 23.7 Å². The Bertz CT molecular complexity index is 649. The van der Waals surface area contributed by atoms with Crippen molar-refractivity contribution in [3.63, 3.8) is 0 Å². The van der Waals surface area contributed by atoms with Crippen LogP contribution in [-0.4, -0.2) is 23.6 Å². The van der Waals surface area contributed by atoms with Crippen molar-refractivity contribution in [3.05, 3.63) is 35.9 Å². The number of hydrogen-bond acceptors (Lipinski definition) is 4. The van der Waals surface area contributed by atoms with Crippen LogP contribution in [-0.2, 0) is 14.3 Å². The van der Waals surface area contributed by atoms with Crippen LogP contribution in [0.15, 0.2) is 30.3 Å². The summed E-state index contributed by atoms with van der Waals surface area (Å²) >= 11 is 0. The molecule has 0 aliphatic heterocycles. The van der Waals surface area contributed by atoms with Gasteiger partial charge in [-0.05, 0) is 63.5 Å². The summed E-state index contributed by atoms with van der Waals surface area (Å²) in [6.07, 6.45) is 0. The molecule has 0 amide bonds. The minimum Gasteiger partial charge on any atom is -0.449 e. The van der Waals surface area contributed by atoms with Gasteiger partial charge in [-0.3, -0.25) is 4.79 Å². The Balaban J connectivity index is 2.73. The number of rotatable bonds is 4. The van der Waals surface area contributed by atoms with Crippen molar-refractivity contribution >= 4 is 12.4 Å². The van der Waals surface area contributed by atoms with Gasteiger partial charge in [0.25, 0.3) is 6.47 Å². The van der Waals surface area contributed by atoms with E-state index in [2.05, 4.69) is 23.7 Å². The molecule has 0 spiro atoms. The van der Waals surface area contributed by atoms with Crippen LogP contribution in [0.5, 0.6) is 0 Å². The molecule has 0 saturated carbocycles. The molecule has 0 saturated heterocycles. The van der Waals surface area contributed by atoms with E-state index in [9.17, 15) is 9.59 Å². The van der Waals surface area contributed by atoms with Gasteiger partial charge in [0.15, 0.2) is 11.2 Å². The van der Waals surface area contributed by atoms with Crippen molar-refractivity contribution in [2.24, 2.45) is 0 Å². The second kappa shape index (κ2) is 7.33. The quantitative estimate of drug-likeness (QED) is 0.487. The highest BCUT2D eigenvalue weighted by molar-refractivity contribution is 5.89. The SMILES string of the molecule is CC(C)(C#CC#CC(C)(C)OC(=O)c1ccccc1)OC=O. The van der Waals surface area contributed by atoms with Gasteiger partial charge in [-0.15, -0.1) is 0 Å². The molecule has 4 heteroatoms. The maximum atomic E-state index is 12.0. The van der Waals surface area contributed by atoms with Crippen molar-refractivity contribution in [1.29, 1.82) is 0 Å². The molecule has 0 N–H and O–H groups in total. The molecule has 0 radical (unpaired) electrons. The van der Waals surface area contributed by atoms with Crippen LogP contribution >= 0.6 is 0 Å². The van der Waals surface area contributed by atoms with Crippen molar-refractivity contribution in [1.82, 2.24) is 0 Å². The smallest absolute Gasteiger partial charge is 0.339 e. The summed E-state index contributed by atoms with van der Waals surface area (Å²) in [6.45, 7) is 6.99. The van der Waals surface area contributed by atoms with E-state index in [0.29, 0.717) is 12.0 Å². The Hall–Kier alpha value is -2.72. The van der Waals surface area contributed by atoms with Crippen molar-refractivity contribution < 1.29 is 19.1 Å². The van der Waals surface area contributed by atoms with Gasteiger partial charge < -0.3 is 9.47 Å². The molecule has 0 fully saturated rings. The fourth-order valence-electron chi connectivity index (χ4n) is 1.40. The van der Waals surface area contributed by atoms with E-state index in [4.69, 9.17) is 9.47 Å². The Morgan fingerprint density at radius 3 is 2.09 bits per heavy atom. The summed E-state index contributed by atoms with van der Waals surface area (Å²) in [5.74, 6) is 10.2. The highest BCUT2D eigenvalue weighted by Crippen LogP contribution is 2.12. The van der Waals surface area contributed by atoms with Gasteiger partial charge in [0.05, 0.1) is 5.56 Å². The average Bonchev–Trinajstić information content (AvgIpc) is 2.44. The van der Waals surface area contributed by atoms with Crippen LogP contribution in [0.2, 0.25) is 0 Å². The third-order valence-corrected chi connectivity index (χ3v) is 2.49. The average molecular weight is 298 g/mol. The molecular weight excluding hydrogens is 280 g/mol. The Labute approximate surface area is 130 Å². The number of benzene rings is 1. The molecule has 0 bridgehead atoms. The van der Waals surface area contributed by atoms with Crippen LogP contribution in [0.4, 0.5) is 0 Å². The summed E-state index contributed by atoms with van der Waals surface area (Å²) in [5, 5.41) is 0. The maximum Gasteiger partial charge on any atom is 0.339 e. The number of carbonyl (C=O) groups excluding carboxylic acids is 2. The number of ether oxygens (including phenoxy) is 2. The summed E-state index contributed by atoms with van der Waals surface area (Å²) < 4.78 is 10.1. The molecule has 0 aliphatic rings. The first-order chi connectivity index (χ1) is 10.3. The lowest BCUT2D eigenvalue weighted by atomic mass is 10.1. The van der Waals surface area contributed by atoms with E-state index in [1.807, 2.05) is 6.07 Å². The monoisotopic (exact) mass is 298 g/mol. The lowest BCUT2D eigenvalue weighted by Crippen LogP contribution is -2.26. The van der Waals surface area contributed by atoms with Crippen LogP contribution in [0.3, 0.4) is 0 Å². The molecule has 0 unspecified atom stereocenters. The van der Waals surface area contributed by atoms with E-state index < -0.39 is 17.2 Å². The molecule has 0 aromatic heterocycles. The van der Waals surface area contributed by atoms with Crippen molar-refractivity contribution in [2.75, 3.05) is 0 Å². The van der Waals surface area contributed by atoms with Gasteiger partial charge in [-0.25, -0.2) is 4.79 Å². The minimum atomic E-state index is -0.975. The lowest BCUT2D eigenvalue weighted by Gasteiger charge is -2.18. The molecule has 22 heavy (non-hydrogen) atoms. The molecule has 0 atom stereocenters. The zero-order chi connectivity index (χ0) is 16.6. The molecule has 0 heterocycles. The lowest BCUT2D eigenvalue weighted by molar-refractivity contribution is -0.135. The van der Waals surface area contributed by atoms with Gasteiger partial charge in [0, 0.05) is 0 Å². The van der Waals surface area contributed by atoms with Gasteiger partial charge in [-0.2, -0.15) is 0 Å². The third kappa shape index (κ3) is 6.15. The van der Waals surface area contributed by atoms with Crippen LogP contribution in [0.25, 0.3) is 0 Å². The van der Waals surface area contributed by atoms with E-state index in [1.54, 1.807) is 52.0 Å². The van der Waals surface area contributed by atoms with Crippen LogP contribution in [0.1, 0.15) is 38.1 Å². The van der Waals surface area contributed by atoms with E-state index in [0.717, 1.165) is 0 Å². The molecule has 1 aromatic carbocycles. The Morgan fingerprint density at radius 2 is 1.55 bits per heavy atom. The second-order valence-corrected chi connectivity index (χ2v) is 5.49. The summed E-state index contributed by atoms with van der Waals surface area (Å²) in [5.41, 5.74) is -1.41. The second-order valence-electron chi connectivity index (χ2n) is 5.49. The topological polar surface area (TPSA) is 52.6 Å². The normalized spacial score (nSPS) is 10.4. The summed E-state index contributed by atoms with van der Waals surface area (Å²) in [6, 6.07) is 8.68. The van der Waals surface area contributed by atoms with E-state index in [-0.39, 0.29) is 0 Å². The Morgan fingerprint density at radius 1 is 1.00 bits per heavy atom. The minimum absolute atomic E-state index is 0.341. The molecule has 4 nitrogen and oxygen atoms in total. The molecule has 114 valence electrons. The first-order valence-electron chi connectivity index (χ1n) is 6.70. The predicted molar refractivity (Wildman–Crippen MR) is 82.7 cm³/mol. The predicted octanol–water partition coefficient (Wildman–Crippen LogP) is 2.58. The zero-order valence-electron chi connectivity index (χ0n) is 13.1. The molecular formula is C18H18O4. The highest BCUT2D eigenvalue weighted by atomic mass is 16.6. The van der Waals surface area contributed by atoms with Crippen molar-refractivity contribution in [2.45, 2.75) is 38.9 Å². The molecule has 1 rings (SSSR count). The van der Waals surface area contributed by atoms with Crippen molar-refractivity contribution in [3.8, 4) is 23.7 Å².